The molecule has 44 valence electrons. The average Bonchev–Trinajstić information content (AvgIpc) is 2.19. The quantitative estimate of drug-likeness (QED) is 0.486. The molecule has 1 rings (SSSR count). The minimum Gasteiger partial charge on any atom is -0.354 e. The number of rotatable bonds is 1. The predicted molar refractivity (Wildman–Crippen MR) is 33.6 cm³/mol. The van der Waals surface area contributed by atoms with Crippen LogP contribution in [0.3, 0.4) is 0 Å². The highest BCUT2D eigenvalue weighted by Gasteiger charge is 1.99. The van der Waals surface area contributed by atoms with Crippen molar-refractivity contribution in [3.8, 4) is 0 Å². The molecule has 3 heteroatoms. The van der Waals surface area contributed by atoms with E-state index >= 15 is 0 Å². The van der Waals surface area contributed by atoms with Gasteiger partial charge in [0.15, 0.2) is 5.96 Å². The maximum Gasteiger partial charge on any atom is 0.195 e. The Balaban J connectivity index is 2.33. The third kappa shape index (κ3) is 0.992. The summed E-state index contributed by atoms with van der Waals surface area (Å²) in [4.78, 5) is 4.05. The van der Waals surface area contributed by atoms with Crippen molar-refractivity contribution in [3.05, 3.63) is 12.8 Å². The van der Waals surface area contributed by atoms with Crippen molar-refractivity contribution in [2.45, 2.75) is 0 Å². The van der Waals surface area contributed by atoms with E-state index < -0.39 is 0 Å². The molecule has 0 aliphatic carbocycles. The van der Waals surface area contributed by atoms with Crippen LogP contribution < -0.4 is 10.6 Å². The minimum absolute atomic E-state index is 0.833. The lowest BCUT2D eigenvalue weighted by atomic mass is 10.7. The van der Waals surface area contributed by atoms with Crippen LogP contribution in [0, 0.1) is 0 Å². The number of hydrogen-bond acceptors (Lipinski definition) is 3. The molecule has 0 radical (unpaired) electrons. The van der Waals surface area contributed by atoms with E-state index in [9.17, 15) is 0 Å². The van der Waals surface area contributed by atoms with Crippen LogP contribution in [0.5, 0.6) is 0 Å². The van der Waals surface area contributed by atoms with Gasteiger partial charge in [-0.2, -0.15) is 0 Å². The van der Waals surface area contributed by atoms with E-state index in [1.807, 2.05) is 0 Å². The van der Waals surface area contributed by atoms with Gasteiger partial charge in [0, 0.05) is 6.54 Å². The summed E-state index contributed by atoms with van der Waals surface area (Å²) in [5, 5.41) is 5.87. The van der Waals surface area contributed by atoms with Gasteiger partial charge in [-0.05, 0) is 6.20 Å². The van der Waals surface area contributed by atoms with Crippen LogP contribution in [0.2, 0.25) is 0 Å². The van der Waals surface area contributed by atoms with Gasteiger partial charge in [-0.1, -0.05) is 6.58 Å². The van der Waals surface area contributed by atoms with Crippen LogP contribution in [0.25, 0.3) is 0 Å². The Labute approximate surface area is 48.5 Å². The molecule has 3 nitrogen and oxygen atoms in total. The summed E-state index contributed by atoms with van der Waals surface area (Å²) in [7, 11) is 0. The highest BCUT2D eigenvalue weighted by molar-refractivity contribution is 5.81. The van der Waals surface area contributed by atoms with Crippen molar-refractivity contribution >= 4 is 5.96 Å². The first-order valence-electron chi connectivity index (χ1n) is 2.59. The third-order valence-corrected chi connectivity index (χ3v) is 0.913. The van der Waals surface area contributed by atoms with Crippen LogP contribution >= 0.6 is 0 Å². The van der Waals surface area contributed by atoms with Crippen LogP contribution in [0.4, 0.5) is 0 Å². The molecule has 2 N–H and O–H groups in total. The lowest BCUT2D eigenvalue weighted by Crippen LogP contribution is -2.29. The molecule has 0 bridgehead atoms. The van der Waals surface area contributed by atoms with Crippen molar-refractivity contribution in [3.63, 3.8) is 0 Å². The summed E-state index contributed by atoms with van der Waals surface area (Å²) >= 11 is 0. The maximum absolute atomic E-state index is 4.05. The van der Waals surface area contributed by atoms with Gasteiger partial charge >= 0.3 is 0 Å². The smallest absolute Gasteiger partial charge is 0.195 e. The van der Waals surface area contributed by atoms with Gasteiger partial charge in [0.05, 0.1) is 6.54 Å². The zero-order valence-corrected chi connectivity index (χ0v) is 4.65. The van der Waals surface area contributed by atoms with Gasteiger partial charge in [0.1, 0.15) is 0 Å². The zero-order valence-electron chi connectivity index (χ0n) is 4.65. The van der Waals surface area contributed by atoms with Gasteiger partial charge in [-0.15, -0.1) is 0 Å². The Morgan fingerprint density at radius 3 is 3.25 bits per heavy atom. The van der Waals surface area contributed by atoms with E-state index in [0.717, 1.165) is 19.0 Å². The Morgan fingerprint density at radius 2 is 2.75 bits per heavy atom. The summed E-state index contributed by atoms with van der Waals surface area (Å²) in [5.41, 5.74) is 0. The Hall–Kier alpha value is -0.990. The minimum atomic E-state index is 0.833. The first-order chi connectivity index (χ1) is 3.93. The average molecular weight is 111 g/mol. The van der Waals surface area contributed by atoms with Crippen LogP contribution in [0.1, 0.15) is 0 Å². The van der Waals surface area contributed by atoms with Crippen molar-refractivity contribution < 1.29 is 0 Å². The molecule has 0 aromatic rings. The summed E-state index contributed by atoms with van der Waals surface area (Å²) in [6.45, 7) is 5.30. The largest absolute Gasteiger partial charge is 0.354 e. The molecule has 0 saturated carbocycles. The molecule has 0 aromatic carbocycles. The molecule has 1 heterocycles. The van der Waals surface area contributed by atoms with E-state index in [2.05, 4.69) is 22.2 Å². The lowest BCUT2D eigenvalue weighted by Gasteiger charge is -1.96. The zero-order chi connectivity index (χ0) is 5.82. The first kappa shape index (κ1) is 5.15. The number of nitrogens with one attached hydrogen (secondary N) is 2. The predicted octanol–water partition coefficient (Wildman–Crippen LogP) is -0.321. The fraction of sp³-hybridized carbons (Fsp3) is 0.400. The molecule has 0 amide bonds. The molecule has 0 unspecified atom stereocenters. The van der Waals surface area contributed by atoms with Crippen LogP contribution in [0.15, 0.2) is 17.8 Å². The SMILES string of the molecule is C=CNC1=NCCN1. The van der Waals surface area contributed by atoms with Crippen molar-refractivity contribution in [2.75, 3.05) is 13.1 Å². The normalized spacial score (nSPS) is 16.8. The topological polar surface area (TPSA) is 36.4 Å². The highest BCUT2D eigenvalue weighted by Crippen LogP contribution is 1.79. The van der Waals surface area contributed by atoms with E-state index in [1.54, 1.807) is 6.20 Å². The van der Waals surface area contributed by atoms with Gasteiger partial charge in [-0.3, -0.25) is 4.99 Å². The summed E-state index contributed by atoms with van der Waals surface area (Å²) in [6.07, 6.45) is 1.61. The molecular formula is C5H9N3. The van der Waals surface area contributed by atoms with Crippen molar-refractivity contribution in [2.24, 2.45) is 4.99 Å². The number of nitrogens with zero attached hydrogens (tertiary/aromatic N) is 1. The van der Waals surface area contributed by atoms with Crippen LogP contribution in [-0.4, -0.2) is 19.0 Å². The summed E-state index contributed by atoms with van der Waals surface area (Å²) in [5.74, 6) is 0.833. The number of aliphatic imine (C=N–C) groups is 1. The van der Waals surface area contributed by atoms with Crippen LogP contribution in [-0.2, 0) is 0 Å². The fourth-order valence-corrected chi connectivity index (χ4v) is 0.591. The van der Waals surface area contributed by atoms with Crippen molar-refractivity contribution in [1.29, 1.82) is 0 Å². The second-order valence-electron chi connectivity index (χ2n) is 1.51. The molecule has 0 atom stereocenters. The molecule has 0 aromatic heterocycles. The summed E-state index contributed by atoms with van der Waals surface area (Å²) < 4.78 is 0. The molecule has 0 fully saturated rings. The summed E-state index contributed by atoms with van der Waals surface area (Å²) in [6, 6.07) is 0. The first-order valence-corrected chi connectivity index (χ1v) is 2.59. The molecule has 1 aliphatic heterocycles. The molecule has 0 saturated heterocycles. The standard InChI is InChI=1S/C5H9N3/c1-2-6-5-7-3-4-8-5/h2H,1,3-4H2,(H2,6,7,8). The van der Waals surface area contributed by atoms with Gasteiger partial charge < -0.3 is 10.6 Å². The van der Waals surface area contributed by atoms with Gasteiger partial charge in [-0.25, -0.2) is 0 Å². The second kappa shape index (κ2) is 2.35. The van der Waals surface area contributed by atoms with E-state index in [0.29, 0.717) is 0 Å². The highest BCUT2D eigenvalue weighted by atomic mass is 15.2. The number of hydrogen-bond donors (Lipinski definition) is 2. The molecular weight excluding hydrogens is 102 g/mol. The monoisotopic (exact) mass is 111 g/mol. The fourth-order valence-electron chi connectivity index (χ4n) is 0.591. The Bertz CT molecular complexity index is 117. The molecule has 8 heavy (non-hydrogen) atoms. The van der Waals surface area contributed by atoms with E-state index in [4.69, 9.17) is 0 Å². The maximum atomic E-state index is 4.05. The second-order valence-corrected chi connectivity index (χ2v) is 1.51. The number of guanidine groups is 1. The Kier molecular flexibility index (Phi) is 1.51. The molecule has 0 spiro atoms. The van der Waals surface area contributed by atoms with Gasteiger partial charge in [0.2, 0.25) is 0 Å². The lowest BCUT2D eigenvalue weighted by molar-refractivity contribution is 0.948. The van der Waals surface area contributed by atoms with Crippen molar-refractivity contribution in [1.82, 2.24) is 10.6 Å². The third-order valence-electron chi connectivity index (χ3n) is 0.913. The van der Waals surface area contributed by atoms with E-state index in [-0.39, 0.29) is 0 Å². The molecule has 1 aliphatic rings. The van der Waals surface area contributed by atoms with E-state index in [1.165, 1.54) is 0 Å². The van der Waals surface area contributed by atoms with Gasteiger partial charge in [0.25, 0.3) is 0 Å². The Morgan fingerprint density at radius 1 is 1.88 bits per heavy atom.